The summed E-state index contributed by atoms with van der Waals surface area (Å²) in [7, 11) is 0. The minimum atomic E-state index is -1.39. The molecule has 0 aromatic heterocycles. The predicted molar refractivity (Wildman–Crippen MR) is 250 cm³/mol. The molecule has 2 amide bonds. The standard InChI is InChI=1S/C52H77ClN4O8/c1-29(2)38-34(58)27-51(36(59)28-56-43(64)48(9,24-25-54)57-40(60)30-12-14-31(53)15-13-30)23-22-50(11)47(8)20-21-49(10)45(5,6)37(65-42(63)33-26-32(41(61)62)44(33,3)4)17-18-46(49,7)35(47)16-19-52(50,55)39(38)51/h12-15,29,32-33,35-37,59H,16-28,54-55H2,1-11H3,(H,56,64)(H,57,60)(H,61,62)/t32-,33+,35+,36-,37-,46+,47?,48?,49-,50-,51-,52-/m0/s1. The summed E-state index contributed by atoms with van der Waals surface area (Å²) in [4.78, 5) is 67.5. The number of allylic oxidation sites excluding steroid dienone is 1. The first-order valence-corrected chi connectivity index (χ1v) is 24.6. The summed E-state index contributed by atoms with van der Waals surface area (Å²) in [5.74, 6) is -2.95. The third kappa shape index (κ3) is 6.93. The van der Waals surface area contributed by atoms with Crippen molar-refractivity contribution in [3.8, 4) is 0 Å². The predicted octanol–water partition coefficient (Wildman–Crippen LogP) is 7.77. The normalized spacial score (nSPS) is 39.4. The van der Waals surface area contributed by atoms with Crippen molar-refractivity contribution in [2.75, 3.05) is 13.1 Å². The van der Waals surface area contributed by atoms with Crippen molar-refractivity contribution in [1.29, 1.82) is 0 Å². The molecule has 1 aromatic rings. The van der Waals surface area contributed by atoms with Gasteiger partial charge in [-0.25, -0.2) is 0 Å². The van der Waals surface area contributed by atoms with Crippen LogP contribution in [0.1, 0.15) is 157 Å². The second-order valence-corrected chi connectivity index (χ2v) is 24.4. The Balaban J connectivity index is 1.15. The van der Waals surface area contributed by atoms with Gasteiger partial charge in [0.05, 0.1) is 17.9 Å². The number of carbonyl (C=O) groups excluding carboxylic acids is 4. The molecule has 5 saturated carbocycles. The van der Waals surface area contributed by atoms with E-state index in [1.54, 1.807) is 31.2 Å². The maximum Gasteiger partial charge on any atom is 0.309 e. The quantitative estimate of drug-likeness (QED) is 0.112. The molecule has 6 aliphatic rings. The van der Waals surface area contributed by atoms with Gasteiger partial charge in [-0.1, -0.05) is 80.8 Å². The molecule has 0 heterocycles. The molecule has 12 nitrogen and oxygen atoms in total. The number of carboxylic acid groups (broad SMARTS) is 1. The first kappa shape index (κ1) is 49.6. The lowest BCUT2D eigenvalue weighted by Crippen LogP contribution is -2.76. The van der Waals surface area contributed by atoms with Crippen LogP contribution in [0.2, 0.25) is 5.02 Å². The molecule has 65 heavy (non-hydrogen) atoms. The highest BCUT2D eigenvalue weighted by Crippen LogP contribution is 2.80. The van der Waals surface area contributed by atoms with Crippen LogP contribution in [-0.2, 0) is 23.9 Å². The van der Waals surface area contributed by atoms with Crippen molar-refractivity contribution in [1.82, 2.24) is 10.6 Å². The van der Waals surface area contributed by atoms with Crippen molar-refractivity contribution in [2.24, 2.45) is 73.0 Å². The lowest BCUT2D eigenvalue weighted by Gasteiger charge is -2.77. The van der Waals surface area contributed by atoms with E-state index in [1.165, 1.54) is 0 Å². The van der Waals surface area contributed by atoms with E-state index >= 15 is 0 Å². The van der Waals surface area contributed by atoms with Gasteiger partial charge in [0.1, 0.15) is 11.6 Å². The third-order valence-corrected chi connectivity index (χ3v) is 20.9. The summed E-state index contributed by atoms with van der Waals surface area (Å²) in [6, 6.07) is 6.38. The zero-order chi connectivity index (χ0) is 48.3. The molecule has 360 valence electrons. The van der Waals surface area contributed by atoms with Gasteiger partial charge in [-0.2, -0.15) is 0 Å². The Bertz CT molecular complexity index is 2170. The number of halogens is 1. The van der Waals surface area contributed by atoms with Crippen LogP contribution >= 0.6 is 11.6 Å². The number of esters is 1. The topological polar surface area (TPSA) is 211 Å². The lowest BCUT2D eigenvalue weighted by molar-refractivity contribution is -0.275. The Kier molecular flexibility index (Phi) is 12.3. The van der Waals surface area contributed by atoms with E-state index in [0.29, 0.717) is 48.3 Å². The van der Waals surface area contributed by atoms with E-state index in [9.17, 15) is 34.2 Å². The first-order chi connectivity index (χ1) is 30.0. The molecule has 0 spiro atoms. The second-order valence-electron chi connectivity index (χ2n) is 24.0. The van der Waals surface area contributed by atoms with Crippen molar-refractivity contribution in [3.05, 3.63) is 46.0 Å². The smallest absolute Gasteiger partial charge is 0.309 e. The molecule has 0 saturated heterocycles. The number of aliphatic hydroxyl groups excluding tert-OH is 1. The van der Waals surface area contributed by atoms with Gasteiger partial charge in [0.15, 0.2) is 5.78 Å². The van der Waals surface area contributed by atoms with E-state index in [-0.39, 0.29) is 77.3 Å². The number of fused-ring (bicyclic) bond motifs is 7. The molecule has 7 rings (SSSR count). The Morgan fingerprint density at radius 2 is 1.51 bits per heavy atom. The molecule has 0 radical (unpaired) electrons. The number of benzene rings is 1. The number of hydrogen-bond donors (Lipinski definition) is 6. The van der Waals surface area contributed by atoms with E-state index in [1.807, 2.05) is 27.7 Å². The van der Waals surface area contributed by atoms with Gasteiger partial charge in [0.2, 0.25) is 5.91 Å². The molecule has 12 atom stereocenters. The van der Waals surface area contributed by atoms with Gasteiger partial charge in [-0.05, 0) is 152 Å². The van der Waals surface area contributed by atoms with Crippen LogP contribution in [0.4, 0.5) is 0 Å². The minimum absolute atomic E-state index is 0.00601. The van der Waals surface area contributed by atoms with Gasteiger partial charge in [0, 0.05) is 39.9 Å². The summed E-state index contributed by atoms with van der Waals surface area (Å²) < 4.78 is 6.48. The number of nitrogens with two attached hydrogens (primary N) is 2. The molecule has 5 fully saturated rings. The zero-order valence-corrected chi connectivity index (χ0v) is 41.6. The highest BCUT2D eigenvalue weighted by Gasteiger charge is 2.77. The molecule has 2 unspecified atom stereocenters. The maximum atomic E-state index is 14.4. The Labute approximate surface area is 391 Å². The number of Topliss-reactive ketones (excluding diaryl/α,β-unsaturated/α-hetero) is 1. The van der Waals surface area contributed by atoms with Gasteiger partial charge in [-0.15, -0.1) is 0 Å². The molecular weight excluding hydrogens is 844 g/mol. The first-order valence-electron chi connectivity index (χ1n) is 24.2. The number of rotatable bonds is 12. The average Bonchev–Trinajstić information content (AvgIpc) is 3.54. The number of aliphatic carboxylic acids is 1. The van der Waals surface area contributed by atoms with Crippen LogP contribution in [0.5, 0.6) is 0 Å². The average molecular weight is 922 g/mol. The van der Waals surface area contributed by atoms with Crippen LogP contribution in [0.25, 0.3) is 0 Å². The van der Waals surface area contributed by atoms with Crippen LogP contribution in [0.15, 0.2) is 35.4 Å². The molecule has 13 heteroatoms. The van der Waals surface area contributed by atoms with Crippen molar-refractivity contribution < 1.29 is 38.9 Å². The monoisotopic (exact) mass is 921 g/mol. The SMILES string of the molecule is CC(C)C1=C2[C@@]([C@@H](O)CNC(=O)C(C)(CCN)NC(=O)c3ccc(Cl)cc3)(CC[C@@]3(C)C4(C)CC[C@@]5(C)C(C)(C)[C@@H](OC(=O)[C@H]6C[C@@H](C(=O)O)C6(C)C)CC[C@]5(C)[C@H]4CC[C@]23N)CC1=O. The van der Waals surface area contributed by atoms with E-state index in [0.717, 1.165) is 31.3 Å². The number of carbonyl (C=O) groups is 5. The fraction of sp³-hybridized carbons (Fsp3) is 0.750. The number of amides is 2. The van der Waals surface area contributed by atoms with Gasteiger partial charge < -0.3 is 37.1 Å². The van der Waals surface area contributed by atoms with Gasteiger partial charge >= 0.3 is 11.9 Å². The Morgan fingerprint density at radius 3 is 2.09 bits per heavy atom. The van der Waals surface area contributed by atoms with Crippen molar-refractivity contribution in [3.63, 3.8) is 0 Å². The third-order valence-electron chi connectivity index (χ3n) is 20.7. The number of ether oxygens (including phenoxy) is 1. The number of hydrogen-bond acceptors (Lipinski definition) is 9. The number of ketones is 1. The number of nitrogens with one attached hydrogen (secondary N) is 2. The summed E-state index contributed by atoms with van der Waals surface area (Å²) in [6.07, 6.45) is 5.20. The van der Waals surface area contributed by atoms with Gasteiger partial charge in [0.25, 0.3) is 5.91 Å². The Morgan fingerprint density at radius 1 is 0.892 bits per heavy atom. The number of carboxylic acids is 1. The largest absolute Gasteiger partial charge is 0.481 e. The zero-order valence-electron chi connectivity index (χ0n) is 40.8. The molecule has 0 bridgehead atoms. The van der Waals surface area contributed by atoms with Crippen LogP contribution in [0.3, 0.4) is 0 Å². The Hall–Kier alpha value is -3.32. The van der Waals surface area contributed by atoms with Crippen LogP contribution in [0, 0.1) is 61.6 Å². The minimum Gasteiger partial charge on any atom is -0.481 e. The van der Waals surface area contributed by atoms with Crippen LogP contribution in [-0.4, -0.2) is 76.1 Å². The van der Waals surface area contributed by atoms with E-state index in [4.69, 9.17) is 27.8 Å². The highest BCUT2D eigenvalue weighted by molar-refractivity contribution is 6.30. The van der Waals surface area contributed by atoms with Crippen molar-refractivity contribution in [2.45, 2.75) is 170 Å². The highest BCUT2D eigenvalue weighted by atomic mass is 35.5. The van der Waals surface area contributed by atoms with Crippen LogP contribution < -0.4 is 22.1 Å². The fourth-order valence-electron chi connectivity index (χ4n) is 15.6. The molecule has 0 aliphatic heterocycles. The summed E-state index contributed by atoms with van der Waals surface area (Å²) in [6.45, 7) is 23.6. The number of aliphatic hydroxyl groups is 1. The van der Waals surface area contributed by atoms with E-state index in [2.05, 4.69) is 52.2 Å². The summed E-state index contributed by atoms with van der Waals surface area (Å²) in [5, 5.41) is 28.6. The van der Waals surface area contributed by atoms with E-state index < -0.39 is 63.0 Å². The second kappa shape index (κ2) is 16.2. The molecular formula is C52H77ClN4O8. The fourth-order valence-corrected chi connectivity index (χ4v) is 15.7. The molecule has 1 aromatic carbocycles. The van der Waals surface area contributed by atoms with Crippen molar-refractivity contribution >= 4 is 41.1 Å². The maximum absolute atomic E-state index is 14.4. The summed E-state index contributed by atoms with van der Waals surface area (Å²) >= 11 is 6.05. The van der Waals surface area contributed by atoms with Gasteiger partial charge in [-0.3, -0.25) is 24.0 Å². The molecule has 8 N–H and O–H groups in total. The molecule has 6 aliphatic carbocycles. The lowest BCUT2D eigenvalue weighted by atomic mass is 9.28. The summed E-state index contributed by atoms with van der Waals surface area (Å²) in [5.41, 5.74) is 10.6.